The van der Waals surface area contributed by atoms with Crippen molar-refractivity contribution in [1.29, 1.82) is 0 Å². The predicted octanol–water partition coefficient (Wildman–Crippen LogP) is 4.86. The molecule has 0 aliphatic rings. The van der Waals surface area contributed by atoms with Gasteiger partial charge in [-0.2, -0.15) is 5.10 Å². The van der Waals surface area contributed by atoms with Gasteiger partial charge in [-0.3, -0.25) is 9.10 Å². The molecule has 0 atom stereocenters. The Morgan fingerprint density at radius 1 is 1.12 bits per heavy atom. The van der Waals surface area contributed by atoms with Crippen molar-refractivity contribution >= 4 is 51.2 Å². The third kappa shape index (κ3) is 6.13. The zero-order valence-corrected chi connectivity index (χ0v) is 20.2. The number of thioether (sulfide) groups is 1. The number of rotatable bonds is 8. The normalized spacial score (nSPS) is 11.5. The summed E-state index contributed by atoms with van der Waals surface area (Å²) in [5.74, 6) is -1.30. The molecule has 0 aliphatic heterocycles. The number of carbonyl (C=O) groups is 1. The zero-order valence-electron chi connectivity index (χ0n) is 17.8. The van der Waals surface area contributed by atoms with Crippen molar-refractivity contribution < 1.29 is 17.6 Å². The van der Waals surface area contributed by atoms with Crippen molar-refractivity contribution in [3.05, 3.63) is 88.7 Å². The molecule has 0 fully saturated rings. The van der Waals surface area contributed by atoms with Gasteiger partial charge in [-0.25, -0.2) is 18.2 Å². The predicted molar refractivity (Wildman–Crippen MR) is 131 cm³/mol. The molecule has 0 saturated carbocycles. The van der Waals surface area contributed by atoms with Gasteiger partial charge >= 0.3 is 0 Å². The maximum Gasteiger partial charge on any atom is 0.264 e. The van der Waals surface area contributed by atoms with Crippen molar-refractivity contribution in [3.63, 3.8) is 0 Å². The SMILES string of the molecule is CSc1ccc(S(=O)(=O)N(CC(=O)N/N=C\c2c(F)cccc2Cl)c2ccc(C)cc2)cc1. The molecule has 1 amide bonds. The first kappa shape index (κ1) is 24.8. The summed E-state index contributed by atoms with van der Waals surface area (Å²) in [4.78, 5) is 13.5. The van der Waals surface area contributed by atoms with Crippen LogP contribution in [-0.2, 0) is 14.8 Å². The molecule has 0 heterocycles. The molecule has 0 spiro atoms. The summed E-state index contributed by atoms with van der Waals surface area (Å²) in [7, 11) is -4.05. The first-order valence-corrected chi connectivity index (χ1v) is 12.8. The molecule has 1 N–H and O–H groups in total. The molecule has 0 unspecified atom stereocenters. The quantitative estimate of drug-likeness (QED) is 0.269. The number of halogens is 2. The maximum atomic E-state index is 13.9. The minimum Gasteiger partial charge on any atom is -0.271 e. The fraction of sp³-hybridized carbons (Fsp3) is 0.130. The van der Waals surface area contributed by atoms with Crippen molar-refractivity contribution in [1.82, 2.24) is 5.43 Å². The van der Waals surface area contributed by atoms with E-state index in [4.69, 9.17) is 11.6 Å². The van der Waals surface area contributed by atoms with Crippen LogP contribution in [-0.4, -0.2) is 33.3 Å². The first-order valence-electron chi connectivity index (χ1n) is 9.72. The lowest BCUT2D eigenvalue weighted by atomic mass is 10.2. The highest BCUT2D eigenvalue weighted by atomic mass is 35.5. The van der Waals surface area contributed by atoms with Gasteiger partial charge in [-0.1, -0.05) is 35.4 Å². The van der Waals surface area contributed by atoms with E-state index < -0.39 is 28.3 Å². The van der Waals surface area contributed by atoms with Crippen LogP contribution in [0.15, 0.2) is 81.6 Å². The molecular formula is C23H21ClFN3O3S2. The largest absolute Gasteiger partial charge is 0.271 e. The summed E-state index contributed by atoms with van der Waals surface area (Å²) >= 11 is 7.43. The fourth-order valence-electron chi connectivity index (χ4n) is 2.87. The molecule has 3 aromatic carbocycles. The van der Waals surface area contributed by atoms with Gasteiger partial charge in [-0.05, 0) is 61.7 Å². The Morgan fingerprint density at radius 2 is 1.79 bits per heavy atom. The Morgan fingerprint density at radius 3 is 2.39 bits per heavy atom. The Labute approximate surface area is 201 Å². The van der Waals surface area contributed by atoms with Crippen LogP contribution in [0.2, 0.25) is 5.02 Å². The van der Waals surface area contributed by atoms with E-state index in [2.05, 4.69) is 10.5 Å². The molecule has 10 heteroatoms. The van der Waals surface area contributed by atoms with Gasteiger partial charge in [0.2, 0.25) is 0 Å². The summed E-state index contributed by atoms with van der Waals surface area (Å²) in [6, 6.07) is 17.3. The number of nitrogens with one attached hydrogen (secondary N) is 1. The van der Waals surface area contributed by atoms with Crippen molar-refractivity contribution in [2.75, 3.05) is 17.1 Å². The van der Waals surface area contributed by atoms with E-state index in [1.807, 2.05) is 13.2 Å². The highest BCUT2D eigenvalue weighted by molar-refractivity contribution is 7.98. The van der Waals surface area contributed by atoms with Gasteiger partial charge in [0.1, 0.15) is 12.4 Å². The average molecular weight is 506 g/mol. The zero-order chi connectivity index (χ0) is 24.0. The van der Waals surface area contributed by atoms with Crippen LogP contribution in [0.25, 0.3) is 0 Å². The van der Waals surface area contributed by atoms with E-state index in [0.29, 0.717) is 5.69 Å². The molecule has 33 heavy (non-hydrogen) atoms. The number of nitrogens with zero attached hydrogens (tertiary/aromatic N) is 2. The van der Waals surface area contributed by atoms with Gasteiger partial charge in [-0.15, -0.1) is 11.8 Å². The number of hydrogen-bond acceptors (Lipinski definition) is 5. The number of hydrazone groups is 1. The lowest BCUT2D eigenvalue weighted by Crippen LogP contribution is -2.39. The van der Waals surface area contributed by atoms with Crippen LogP contribution in [0.5, 0.6) is 0 Å². The molecule has 172 valence electrons. The number of hydrogen-bond donors (Lipinski definition) is 1. The Bertz CT molecular complexity index is 1240. The van der Waals surface area contributed by atoms with Crippen molar-refractivity contribution in [2.24, 2.45) is 5.10 Å². The second-order valence-electron chi connectivity index (χ2n) is 6.95. The second-order valence-corrected chi connectivity index (χ2v) is 10.1. The van der Waals surface area contributed by atoms with E-state index in [-0.39, 0.29) is 15.5 Å². The summed E-state index contributed by atoms with van der Waals surface area (Å²) in [5.41, 5.74) is 3.51. The number of anilines is 1. The van der Waals surface area contributed by atoms with Crippen LogP contribution in [0.4, 0.5) is 10.1 Å². The summed E-state index contributed by atoms with van der Waals surface area (Å²) in [6.07, 6.45) is 2.96. The number of aryl methyl sites for hydroxylation is 1. The van der Waals surface area contributed by atoms with Crippen molar-refractivity contribution in [3.8, 4) is 0 Å². The van der Waals surface area contributed by atoms with E-state index in [9.17, 15) is 17.6 Å². The number of carbonyl (C=O) groups excluding carboxylic acids is 1. The first-order chi connectivity index (χ1) is 15.7. The van der Waals surface area contributed by atoms with Crippen LogP contribution in [0.3, 0.4) is 0 Å². The third-order valence-corrected chi connectivity index (χ3v) is 7.50. The molecular weight excluding hydrogens is 485 g/mol. The Balaban J connectivity index is 1.86. The average Bonchev–Trinajstić information content (AvgIpc) is 2.80. The number of sulfonamides is 1. The molecule has 3 rings (SSSR count). The fourth-order valence-corrected chi connectivity index (χ4v) is 4.91. The smallest absolute Gasteiger partial charge is 0.264 e. The van der Waals surface area contributed by atoms with Crippen LogP contribution in [0.1, 0.15) is 11.1 Å². The van der Waals surface area contributed by atoms with Gasteiger partial charge in [0.05, 0.1) is 21.8 Å². The summed E-state index contributed by atoms with van der Waals surface area (Å²) < 4.78 is 41.6. The second kappa shape index (κ2) is 10.8. The topological polar surface area (TPSA) is 78.8 Å². The Hall–Kier alpha value is -2.88. The molecule has 0 aromatic heterocycles. The highest BCUT2D eigenvalue weighted by Crippen LogP contribution is 2.25. The molecule has 0 bridgehead atoms. The van der Waals surface area contributed by atoms with Gasteiger partial charge < -0.3 is 0 Å². The van der Waals surface area contributed by atoms with E-state index >= 15 is 0 Å². The number of benzene rings is 3. The highest BCUT2D eigenvalue weighted by Gasteiger charge is 2.27. The lowest BCUT2D eigenvalue weighted by Gasteiger charge is -2.24. The van der Waals surface area contributed by atoms with E-state index in [0.717, 1.165) is 21.0 Å². The standard InChI is InChI=1S/C23H21ClFN3O3S2/c1-16-6-8-17(9-7-16)28(33(30,31)19-12-10-18(32-2)11-13-19)15-23(29)27-26-14-20-21(24)4-3-5-22(20)25/h3-14H,15H2,1-2H3,(H,27,29)/b26-14-. The van der Waals surface area contributed by atoms with Gasteiger partial charge in [0, 0.05) is 10.5 Å². The van der Waals surface area contributed by atoms with Crippen LogP contribution >= 0.6 is 23.4 Å². The minimum atomic E-state index is -4.05. The van der Waals surface area contributed by atoms with E-state index in [1.165, 1.54) is 42.1 Å². The number of amides is 1. The van der Waals surface area contributed by atoms with Crippen molar-refractivity contribution in [2.45, 2.75) is 16.7 Å². The Kier molecular flexibility index (Phi) is 8.12. The maximum absolute atomic E-state index is 13.9. The third-order valence-electron chi connectivity index (χ3n) is 4.64. The van der Waals surface area contributed by atoms with Crippen LogP contribution < -0.4 is 9.73 Å². The summed E-state index contributed by atoms with van der Waals surface area (Å²) in [5, 5.41) is 3.86. The van der Waals surface area contributed by atoms with Gasteiger partial charge in [0.25, 0.3) is 15.9 Å². The monoisotopic (exact) mass is 505 g/mol. The van der Waals surface area contributed by atoms with E-state index in [1.54, 1.807) is 36.4 Å². The molecule has 0 radical (unpaired) electrons. The minimum absolute atomic E-state index is 0.0105. The van der Waals surface area contributed by atoms with Crippen LogP contribution in [0, 0.1) is 12.7 Å². The molecule has 3 aromatic rings. The molecule has 0 aliphatic carbocycles. The molecule has 0 saturated heterocycles. The van der Waals surface area contributed by atoms with Gasteiger partial charge in [0.15, 0.2) is 0 Å². The summed E-state index contributed by atoms with van der Waals surface area (Å²) in [6.45, 7) is 1.34. The molecule has 6 nitrogen and oxygen atoms in total. The lowest BCUT2D eigenvalue weighted by molar-refractivity contribution is -0.119.